The highest BCUT2D eigenvalue weighted by Gasteiger charge is 2.37. The summed E-state index contributed by atoms with van der Waals surface area (Å²) in [6.45, 7) is 4.71. The van der Waals surface area contributed by atoms with Crippen LogP contribution in [-0.4, -0.2) is 24.4 Å². The number of methoxy groups -OCH3 is 1. The van der Waals surface area contributed by atoms with E-state index in [9.17, 15) is 9.59 Å². The highest BCUT2D eigenvalue weighted by atomic mass is 32.1. The molecule has 0 fully saturated rings. The molecule has 0 aromatic rings. The first-order valence-corrected chi connectivity index (χ1v) is 4.41. The Labute approximate surface area is 83.4 Å². The number of rotatable bonds is 3. The Morgan fingerprint density at radius 3 is 2.23 bits per heavy atom. The van der Waals surface area contributed by atoms with Crippen LogP contribution in [0.2, 0.25) is 0 Å². The summed E-state index contributed by atoms with van der Waals surface area (Å²) in [6, 6.07) is 0. The van der Waals surface area contributed by atoms with Gasteiger partial charge in [-0.15, -0.1) is 0 Å². The largest absolute Gasteiger partial charge is 0.468 e. The predicted molar refractivity (Wildman–Crippen MR) is 52.4 cm³/mol. The Bertz CT molecular complexity index is 213. The Morgan fingerprint density at radius 2 is 1.92 bits per heavy atom. The molecule has 1 unspecified atom stereocenters. The molecular weight excluding hydrogens is 190 g/mol. The second-order valence-electron chi connectivity index (χ2n) is 3.27. The number of thiol groups is 1. The van der Waals surface area contributed by atoms with Crippen molar-refractivity contribution in [3.8, 4) is 0 Å². The third-order valence-electron chi connectivity index (χ3n) is 1.60. The van der Waals surface area contributed by atoms with Gasteiger partial charge in [0.25, 0.3) is 0 Å². The summed E-state index contributed by atoms with van der Waals surface area (Å²) in [6.07, 6.45) is 0. The van der Waals surface area contributed by atoms with E-state index < -0.39 is 11.4 Å². The van der Waals surface area contributed by atoms with Crippen LogP contribution in [0.3, 0.4) is 0 Å². The summed E-state index contributed by atoms with van der Waals surface area (Å²) in [5, 5.41) is 2.24. The fourth-order valence-corrected chi connectivity index (χ4v) is 0.835. The number of carbonyl (C=O) groups is 2. The van der Waals surface area contributed by atoms with Crippen molar-refractivity contribution in [3.05, 3.63) is 0 Å². The monoisotopic (exact) mass is 205 g/mol. The smallest absolute Gasteiger partial charge is 0.320 e. The van der Waals surface area contributed by atoms with Crippen LogP contribution in [0, 0.1) is 5.41 Å². The van der Waals surface area contributed by atoms with Gasteiger partial charge >= 0.3 is 5.97 Å². The summed E-state index contributed by atoms with van der Waals surface area (Å²) in [4.78, 5) is 22.6. The summed E-state index contributed by atoms with van der Waals surface area (Å²) < 4.78 is 4.49. The van der Waals surface area contributed by atoms with E-state index in [-0.39, 0.29) is 11.3 Å². The summed E-state index contributed by atoms with van der Waals surface area (Å²) in [7, 11) is 1.25. The summed E-state index contributed by atoms with van der Waals surface area (Å²) in [5.41, 5.74) is -1.16. The lowest BCUT2D eigenvalue weighted by molar-refractivity contribution is -0.156. The van der Waals surface area contributed by atoms with Crippen molar-refractivity contribution in [2.75, 3.05) is 7.11 Å². The highest BCUT2D eigenvalue weighted by Crippen LogP contribution is 2.17. The van der Waals surface area contributed by atoms with Crippen molar-refractivity contribution in [2.24, 2.45) is 5.41 Å². The van der Waals surface area contributed by atoms with Crippen LogP contribution in [0.4, 0.5) is 0 Å². The van der Waals surface area contributed by atoms with E-state index in [1.54, 1.807) is 6.92 Å². The van der Waals surface area contributed by atoms with E-state index in [1.165, 1.54) is 21.0 Å². The second-order valence-corrected chi connectivity index (χ2v) is 4.04. The van der Waals surface area contributed by atoms with E-state index in [0.717, 1.165) is 0 Å². The maximum atomic E-state index is 11.4. The van der Waals surface area contributed by atoms with Gasteiger partial charge in [0.2, 0.25) is 5.91 Å². The second kappa shape index (κ2) is 4.50. The SMILES string of the molecule is COC(=O)C(C)(C)C(=O)NC(C)S. The van der Waals surface area contributed by atoms with Gasteiger partial charge in [-0.05, 0) is 20.8 Å². The minimum absolute atomic E-state index is 0.281. The minimum atomic E-state index is -1.16. The molecule has 0 rings (SSSR count). The van der Waals surface area contributed by atoms with Gasteiger partial charge in [-0.1, -0.05) is 0 Å². The maximum absolute atomic E-state index is 11.4. The fourth-order valence-electron chi connectivity index (χ4n) is 0.718. The first-order valence-electron chi connectivity index (χ1n) is 3.89. The van der Waals surface area contributed by atoms with Crippen molar-refractivity contribution < 1.29 is 14.3 Å². The topological polar surface area (TPSA) is 55.4 Å². The predicted octanol–water partition coefficient (Wildman–Crippen LogP) is 0.578. The van der Waals surface area contributed by atoms with Crippen LogP contribution in [0.5, 0.6) is 0 Å². The standard InChI is InChI=1S/C8H15NO3S/c1-5(13)9-6(10)8(2,3)7(11)12-4/h5,13H,1-4H3,(H,9,10). The Balaban J connectivity index is 4.45. The van der Waals surface area contributed by atoms with Gasteiger partial charge in [0.15, 0.2) is 0 Å². The van der Waals surface area contributed by atoms with Crippen molar-refractivity contribution in [3.63, 3.8) is 0 Å². The average Bonchev–Trinajstić information content (AvgIpc) is 2.01. The van der Waals surface area contributed by atoms with E-state index in [2.05, 4.69) is 22.7 Å². The molecule has 13 heavy (non-hydrogen) atoms. The Kier molecular flexibility index (Phi) is 4.26. The van der Waals surface area contributed by atoms with Crippen LogP contribution in [0.15, 0.2) is 0 Å². The number of hydrogen-bond acceptors (Lipinski definition) is 4. The summed E-state index contributed by atoms with van der Waals surface area (Å²) in [5.74, 6) is -0.944. The molecule has 1 atom stereocenters. The molecule has 5 heteroatoms. The zero-order chi connectivity index (χ0) is 10.6. The van der Waals surface area contributed by atoms with Crippen LogP contribution < -0.4 is 5.32 Å². The van der Waals surface area contributed by atoms with Crippen LogP contribution >= 0.6 is 12.6 Å². The first kappa shape index (κ1) is 12.3. The highest BCUT2D eigenvalue weighted by molar-refractivity contribution is 7.80. The van der Waals surface area contributed by atoms with Crippen LogP contribution in [-0.2, 0) is 14.3 Å². The van der Waals surface area contributed by atoms with Gasteiger partial charge in [-0.2, -0.15) is 12.6 Å². The van der Waals surface area contributed by atoms with Gasteiger partial charge in [-0.25, -0.2) is 0 Å². The van der Waals surface area contributed by atoms with Crippen molar-refractivity contribution in [1.82, 2.24) is 5.32 Å². The van der Waals surface area contributed by atoms with Gasteiger partial charge in [0.05, 0.1) is 12.5 Å². The number of amides is 1. The number of esters is 1. The minimum Gasteiger partial charge on any atom is -0.468 e. The lowest BCUT2D eigenvalue weighted by Crippen LogP contribution is -2.44. The number of ether oxygens (including phenoxy) is 1. The van der Waals surface area contributed by atoms with Crippen LogP contribution in [0.1, 0.15) is 20.8 Å². The molecule has 0 aromatic carbocycles. The van der Waals surface area contributed by atoms with Gasteiger partial charge in [-0.3, -0.25) is 9.59 Å². The van der Waals surface area contributed by atoms with Gasteiger partial charge < -0.3 is 10.1 Å². The molecular formula is C8H15NO3S. The van der Waals surface area contributed by atoms with Crippen molar-refractivity contribution in [2.45, 2.75) is 26.1 Å². The first-order chi connectivity index (χ1) is 5.82. The molecule has 4 nitrogen and oxygen atoms in total. The summed E-state index contributed by atoms with van der Waals surface area (Å²) >= 11 is 3.98. The molecule has 0 aliphatic rings. The van der Waals surface area contributed by atoms with E-state index >= 15 is 0 Å². The van der Waals surface area contributed by atoms with Crippen LogP contribution in [0.25, 0.3) is 0 Å². The molecule has 0 aromatic heterocycles. The van der Waals surface area contributed by atoms with E-state index in [0.29, 0.717) is 0 Å². The zero-order valence-corrected chi connectivity index (χ0v) is 9.14. The molecule has 0 saturated heterocycles. The normalized spacial score (nSPS) is 13.3. The molecule has 0 saturated carbocycles. The average molecular weight is 205 g/mol. The third-order valence-corrected chi connectivity index (χ3v) is 1.73. The molecule has 0 aliphatic carbocycles. The molecule has 0 heterocycles. The lowest BCUT2D eigenvalue weighted by Gasteiger charge is -2.21. The molecule has 76 valence electrons. The number of carbonyl (C=O) groups excluding carboxylic acids is 2. The number of hydrogen-bond donors (Lipinski definition) is 2. The molecule has 0 spiro atoms. The fraction of sp³-hybridized carbons (Fsp3) is 0.750. The molecule has 1 N–H and O–H groups in total. The maximum Gasteiger partial charge on any atom is 0.320 e. The molecule has 0 aliphatic heterocycles. The van der Waals surface area contributed by atoms with E-state index in [1.807, 2.05) is 0 Å². The van der Waals surface area contributed by atoms with Crippen molar-refractivity contribution >= 4 is 24.5 Å². The van der Waals surface area contributed by atoms with Gasteiger partial charge in [0, 0.05) is 0 Å². The third kappa shape index (κ3) is 3.26. The molecule has 0 bridgehead atoms. The molecule has 0 radical (unpaired) electrons. The molecule has 1 amide bonds. The van der Waals surface area contributed by atoms with E-state index in [4.69, 9.17) is 0 Å². The quantitative estimate of drug-likeness (QED) is 0.307. The lowest BCUT2D eigenvalue weighted by atomic mass is 9.92. The van der Waals surface area contributed by atoms with Crippen molar-refractivity contribution in [1.29, 1.82) is 0 Å². The Morgan fingerprint density at radius 1 is 1.46 bits per heavy atom. The number of nitrogens with one attached hydrogen (secondary N) is 1. The Hall–Kier alpha value is -0.710. The zero-order valence-electron chi connectivity index (χ0n) is 8.25. The van der Waals surface area contributed by atoms with Gasteiger partial charge in [0.1, 0.15) is 5.41 Å².